The Hall–Kier alpha value is -1.85. The van der Waals surface area contributed by atoms with Gasteiger partial charge in [-0.25, -0.2) is 4.98 Å². The summed E-state index contributed by atoms with van der Waals surface area (Å²) in [5, 5.41) is 8.41. The number of aromatic nitrogens is 2. The molecule has 0 saturated heterocycles. The number of carbonyl (C=O) groups excluding carboxylic acids is 1. The molecule has 82 valence electrons. The molecule has 0 aliphatic rings. The standard InChI is InChI=1S/C9H15N5O/c1-3-12-7-4-11-5-8(14-7)13-6-9(15)10-2/h4-5H,3,6H2,1-2H3,(H,10,15)(H2,12,13,14). The molecule has 1 aromatic rings. The van der Waals surface area contributed by atoms with Crippen molar-refractivity contribution < 1.29 is 4.79 Å². The Morgan fingerprint density at radius 2 is 2.00 bits per heavy atom. The van der Waals surface area contributed by atoms with Crippen LogP contribution in [0.15, 0.2) is 12.4 Å². The van der Waals surface area contributed by atoms with Gasteiger partial charge in [0.15, 0.2) is 0 Å². The summed E-state index contributed by atoms with van der Waals surface area (Å²) in [5.41, 5.74) is 0. The predicted molar refractivity (Wildman–Crippen MR) is 58.8 cm³/mol. The molecule has 1 amide bonds. The first-order valence-corrected chi connectivity index (χ1v) is 4.76. The number of carbonyl (C=O) groups is 1. The van der Waals surface area contributed by atoms with E-state index < -0.39 is 0 Å². The van der Waals surface area contributed by atoms with Crippen molar-refractivity contribution in [3.05, 3.63) is 12.4 Å². The summed E-state index contributed by atoms with van der Waals surface area (Å²) in [7, 11) is 1.59. The normalized spacial score (nSPS) is 9.47. The van der Waals surface area contributed by atoms with E-state index in [0.29, 0.717) is 11.6 Å². The Kier molecular flexibility index (Phi) is 4.33. The van der Waals surface area contributed by atoms with Crippen molar-refractivity contribution in [3.8, 4) is 0 Å². The number of rotatable bonds is 5. The first-order valence-electron chi connectivity index (χ1n) is 4.76. The lowest BCUT2D eigenvalue weighted by Gasteiger charge is -2.06. The lowest BCUT2D eigenvalue weighted by Crippen LogP contribution is -2.26. The van der Waals surface area contributed by atoms with Gasteiger partial charge in [0.05, 0.1) is 18.9 Å². The third-order valence-corrected chi connectivity index (χ3v) is 1.70. The summed E-state index contributed by atoms with van der Waals surface area (Å²) in [6, 6.07) is 0. The van der Waals surface area contributed by atoms with Gasteiger partial charge in [0.25, 0.3) is 0 Å². The van der Waals surface area contributed by atoms with Gasteiger partial charge < -0.3 is 16.0 Å². The maximum Gasteiger partial charge on any atom is 0.239 e. The zero-order chi connectivity index (χ0) is 11.1. The van der Waals surface area contributed by atoms with Crippen molar-refractivity contribution in [1.82, 2.24) is 15.3 Å². The van der Waals surface area contributed by atoms with E-state index in [4.69, 9.17) is 0 Å². The van der Waals surface area contributed by atoms with Crippen LogP contribution in [0, 0.1) is 0 Å². The number of anilines is 2. The fourth-order valence-electron chi connectivity index (χ4n) is 0.977. The van der Waals surface area contributed by atoms with E-state index in [-0.39, 0.29) is 12.5 Å². The van der Waals surface area contributed by atoms with Crippen LogP contribution in [0.25, 0.3) is 0 Å². The lowest BCUT2D eigenvalue weighted by molar-refractivity contribution is -0.118. The zero-order valence-corrected chi connectivity index (χ0v) is 8.87. The largest absolute Gasteiger partial charge is 0.369 e. The highest BCUT2D eigenvalue weighted by Gasteiger charge is 2.00. The van der Waals surface area contributed by atoms with Gasteiger partial charge in [0, 0.05) is 13.6 Å². The van der Waals surface area contributed by atoms with E-state index in [1.54, 1.807) is 19.4 Å². The van der Waals surface area contributed by atoms with Gasteiger partial charge in [0.1, 0.15) is 11.6 Å². The highest BCUT2D eigenvalue weighted by atomic mass is 16.1. The molecule has 3 N–H and O–H groups in total. The zero-order valence-electron chi connectivity index (χ0n) is 8.87. The molecule has 1 heterocycles. The molecular formula is C9H15N5O. The van der Waals surface area contributed by atoms with Crippen LogP contribution >= 0.6 is 0 Å². The van der Waals surface area contributed by atoms with Gasteiger partial charge >= 0.3 is 0 Å². The molecule has 15 heavy (non-hydrogen) atoms. The highest BCUT2D eigenvalue weighted by Crippen LogP contribution is 2.05. The average Bonchev–Trinajstić information content (AvgIpc) is 2.27. The third-order valence-electron chi connectivity index (χ3n) is 1.70. The van der Waals surface area contributed by atoms with E-state index in [1.807, 2.05) is 6.92 Å². The monoisotopic (exact) mass is 209 g/mol. The second-order valence-electron chi connectivity index (χ2n) is 2.85. The number of amides is 1. The summed E-state index contributed by atoms with van der Waals surface area (Å²) in [5.74, 6) is 1.18. The molecule has 0 unspecified atom stereocenters. The van der Waals surface area contributed by atoms with Crippen LogP contribution in [0.2, 0.25) is 0 Å². The maximum absolute atomic E-state index is 11.0. The van der Waals surface area contributed by atoms with Gasteiger partial charge in [-0.2, -0.15) is 0 Å². The molecule has 0 spiro atoms. The van der Waals surface area contributed by atoms with Gasteiger partial charge in [-0.05, 0) is 6.92 Å². The Labute approximate surface area is 88.5 Å². The summed E-state index contributed by atoms with van der Waals surface area (Å²) in [6.45, 7) is 2.96. The smallest absolute Gasteiger partial charge is 0.239 e. The average molecular weight is 209 g/mol. The minimum Gasteiger partial charge on any atom is -0.369 e. The van der Waals surface area contributed by atoms with Crippen LogP contribution in [0.5, 0.6) is 0 Å². The van der Waals surface area contributed by atoms with Crippen molar-refractivity contribution in [2.75, 3.05) is 30.8 Å². The molecule has 6 nitrogen and oxygen atoms in total. The summed E-state index contributed by atoms with van der Waals surface area (Å²) >= 11 is 0. The quantitative estimate of drug-likeness (QED) is 0.639. The third kappa shape index (κ3) is 3.80. The van der Waals surface area contributed by atoms with E-state index in [1.165, 1.54) is 0 Å². The topological polar surface area (TPSA) is 78.9 Å². The number of hydrogen-bond donors (Lipinski definition) is 3. The first-order chi connectivity index (χ1) is 7.26. The minimum absolute atomic E-state index is 0.0920. The van der Waals surface area contributed by atoms with E-state index in [0.717, 1.165) is 6.54 Å². The van der Waals surface area contributed by atoms with Gasteiger partial charge in [-0.3, -0.25) is 9.78 Å². The van der Waals surface area contributed by atoms with Crippen LogP contribution in [0.4, 0.5) is 11.6 Å². The molecule has 0 bridgehead atoms. The first kappa shape index (κ1) is 11.2. The molecule has 6 heteroatoms. The Bertz CT molecular complexity index is 328. The Morgan fingerprint density at radius 1 is 1.33 bits per heavy atom. The number of hydrogen-bond acceptors (Lipinski definition) is 5. The molecule has 0 aromatic carbocycles. The van der Waals surface area contributed by atoms with Crippen LogP contribution < -0.4 is 16.0 Å². The van der Waals surface area contributed by atoms with Gasteiger partial charge in [-0.15, -0.1) is 0 Å². The van der Waals surface area contributed by atoms with Crippen LogP contribution in [0.1, 0.15) is 6.92 Å². The highest BCUT2D eigenvalue weighted by molar-refractivity contribution is 5.80. The summed E-state index contributed by atoms with van der Waals surface area (Å²) in [6.07, 6.45) is 3.21. The SMILES string of the molecule is CCNc1cncc(NCC(=O)NC)n1. The summed E-state index contributed by atoms with van der Waals surface area (Å²) < 4.78 is 0. The number of nitrogens with one attached hydrogen (secondary N) is 3. The molecule has 1 rings (SSSR count). The molecular weight excluding hydrogens is 194 g/mol. The molecule has 0 aliphatic carbocycles. The predicted octanol–water partition coefficient (Wildman–Crippen LogP) is 0.0663. The van der Waals surface area contributed by atoms with E-state index >= 15 is 0 Å². The van der Waals surface area contributed by atoms with Crippen molar-refractivity contribution in [2.45, 2.75) is 6.92 Å². The molecule has 0 fully saturated rings. The van der Waals surface area contributed by atoms with Crippen molar-refractivity contribution in [2.24, 2.45) is 0 Å². The fourth-order valence-corrected chi connectivity index (χ4v) is 0.977. The van der Waals surface area contributed by atoms with E-state index in [2.05, 4.69) is 25.9 Å². The summed E-state index contributed by atoms with van der Waals surface area (Å²) in [4.78, 5) is 19.2. The molecule has 0 atom stereocenters. The number of likely N-dealkylation sites (N-methyl/N-ethyl adjacent to an activating group) is 1. The van der Waals surface area contributed by atoms with Crippen molar-refractivity contribution in [3.63, 3.8) is 0 Å². The van der Waals surface area contributed by atoms with Crippen LogP contribution in [-0.2, 0) is 4.79 Å². The maximum atomic E-state index is 11.0. The Morgan fingerprint density at radius 3 is 2.60 bits per heavy atom. The van der Waals surface area contributed by atoms with Crippen LogP contribution in [-0.4, -0.2) is 36.0 Å². The van der Waals surface area contributed by atoms with Crippen LogP contribution in [0.3, 0.4) is 0 Å². The van der Waals surface area contributed by atoms with Crippen molar-refractivity contribution in [1.29, 1.82) is 0 Å². The fraction of sp³-hybridized carbons (Fsp3) is 0.444. The van der Waals surface area contributed by atoms with E-state index in [9.17, 15) is 4.79 Å². The second-order valence-corrected chi connectivity index (χ2v) is 2.85. The molecule has 0 radical (unpaired) electrons. The molecule has 0 saturated carbocycles. The number of nitrogens with zero attached hydrogens (tertiary/aromatic N) is 2. The second kappa shape index (κ2) is 5.79. The molecule has 1 aromatic heterocycles. The van der Waals surface area contributed by atoms with Gasteiger partial charge in [0.2, 0.25) is 5.91 Å². The molecule has 0 aliphatic heterocycles. The lowest BCUT2D eigenvalue weighted by atomic mass is 10.5. The van der Waals surface area contributed by atoms with Crippen molar-refractivity contribution >= 4 is 17.5 Å². The Balaban J connectivity index is 2.53. The van der Waals surface area contributed by atoms with Gasteiger partial charge in [-0.1, -0.05) is 0 Å². The minimum atomic E-state index is -0.0920.